The zero-order chi connectivity index (χ0) is 12.1. The summed E-state index contributed by atoms with van der Waals surface area (Å²) in [5, 5.41) is 3.44. The normalized spacial score (nSPS) is 14.6. The van der Waals surface area contributed by atoms with Crippen LogP contribution in [0.4, 0.5) is 0 Å². The summed E-state index contributed by atoms with van der Waals surface area (Å²) >= 11 is 0. The van der Waals surface area contributed by atoms with Crippen LogP contribution in [-0.4, -0.2) is 22.6 Å². The van der Waals surface area contributed by atoms with Gasteiger partial charge in [0.2, 0.25) is 5.88 Å². The molecule has 4 nitrogen and oxygen atoms in total. The minimum atomic E-state index is 0.621. The maximum Gasteiger partial charge on any atom is 0.221 e. The van der Waals surface area contributed by atoms with Gasteiger partial charge in [0.1, 0.15) is 5.82 Å². The lowest BCUT2D eigenvalue weighted by Gasteiger charge is -2.10. The number of nitrogens with one attached hydrogen (secondary N) is 1. The van der Waals surface area contributed by atoms with Crippen LogP contribution in [0.15, 0.2) is 18.9 Å². The van der Waals surface area contributed by atoms with E-state index >= 15 is 0 Å². The first-order valence-electron chi connectivity index (χ1n) is 6.09. The first-order chi connectivity index (χ1) is 8.29. The molecule has 0 radical (unpaired) electrons. The summed E-state index contributed by atoms with van der Waals surface area (Å²) in [7, 11) is 0. The van der Waals surface area contributed by atoms with Crippen molar-refractivity contribution < 1.29 is 4.74 Å². The lowest BCUT2D eigenvalue weighted by Crippen LogP contribution is -2.17. The fraction of sp³-hybridized carbons (Fsp3) is 0.538. The van der Waals surface area contributed by atoms with E-state index in [-0.39, 0.29) is 0 Å². The molecule has 0 unspecified atom stereocenters. The predicted octanol–water partition coefficient (Wildman–Crippen LogP) is 1.99. The Labute approximate surface area is 102 Å². The van der Waals surface area contributed by atoms with Crippen molar-refractivity contribution in [3.63, 3.8) is 0 Å². The van der Waals surface area contributed by atoms with E-state index in [1.54, 1.807) is 0 Å². The Morgan fingerprint density at radius 1 is 1.59 bits per heavy atom. The van der Waals surface area contributed by atoms with Crippen molar-refractivity contribution in [1.29, 1.82) is 0 Å². The van der Waals surface area contributed by atoms with Crippen molar-refractivity contribution in [2.24, 2.45) is 0 Å². The molecule has 2 rings (SSSR count). The van der Waals surface area contributed by atoms with Gasteiger partial charge in [0.05, 0.1) is 6.61 Å². The Kier molecular flexibility index (Phi) is 4.09. The molecule has 0 spiro atoms. The smallest absolute Gasteiger partial charge is 0.221 e. The van der Waals surface area contributed by atoms with E-state index in [0.717, 1.165) is 24.4 Å². The molecule has 1 aromatic heterocycles. The summed E-state index contributed by atoms with van der Waals surface area (Å²) in [6.07, 6.45) is 7.08. The van der Waals surface area contributed by atoms with Gasteiger partial charge < -0.3 is 10.1 Å². The third-order valence-electron chi connectivity index (χ3n) is 2.66. The number of hydrogen-bond donors (Lipinski definition) is 1. The second-order valence-corrected chi connectivity index (χ2v) is 4.33. The number of aromatic nitrogens is 2. The minimum absolute atomic E-state index is 0.621. The van der Waals surface area contributed by atoms with Gasteiger partial charge in [-0.05, 0) is 26.2 Å². The highest BCUT2D eigenvalue weighted by molar-refractivity contribution is 5.23. The van der Waals surface area contributed by atoms with E-state index in [1.165, 1.54) is 12.8 Å². The Bertz CT molecular complexity index is 388. The van der Waals surface area contributed by atoms with E-state index in [1.807, 2.05) is 19.2 Å². The van der Waals surface area contributed by atoms with Crippen LogP contribution in [0.2, 0.25) is 0 Å². The van der Waals surface area contributed by atoms with Crippen LogP contribution >= 0.6 is 0 Å². The van der Waals surface area contributed by atoms with Crippen LogP contribution < -0.4 is 10.1 Å². The second-order valence-electron chi connectivity index (χ2n) is 4.33. The lowest BCUT2D eigenvalue weighted by atomic mass is 10.3. The zero-order valence-electron chi connectivity index (χ0n) is 10.3. The molecule has 0 atom stereocenters. The SMILES string of the molecule is C=CCCOc1nc(C)ncc1CNC1CC1. The molecule has 17 heavy (non-hydrogen) atoms. The summed E-state index contributed by atoms with van der Waals surface area (Å²) in [4.78, 5) is 8.55. The molecule has 1 heterocycles. The zero-order valence-corrected chi connectivity index (χ0v) is 10.3. The molecule has 1 N–H and O–H groups in total. The van der Waals surface area contributed by atoms with E-state index in [0.29, 0.717) is 18.5 Å². The summed E-state index contributed by atoms with van der Waals surface area (Å²) in [6.45, 7) is 6.96. The summed E-state index contributed by atoms with van der Waals surface area (Å²) in [5.41, 5.74) is 1.03. The largest absolute Gasteiger partial charge is 0.477 e. The fourth-order valence-electron chi connectivity index (χ4n) is 1.50. The molecule has 1 saturated carbocycles. The van der Waals surface area contributed by atoms with E-state index in [4.69, 9.17) is 4.74 Å². The van der Waals surface area contributed by atoms with Crippen LogP contribution in [0, 0.1) is 6.92 Å². The van der Waals surface area contributed by atoms with Gasteiger partial charge in [0, 0.05) is 24.3 Å². The number of hydrogen-bond acceptors (Lipinski definition) is 4. The minimum Gasteiger partial charge on any atom is -0.477 e. The van der Waals surface area contributed by atoms with Crippen molar-refractivity contribution in [3.05, 3.63) is 30.2 Å². The van der Waals surface area contributed by atoms with Crippen LogP contribution in [0.3, 0.4) is 0 Å². The van der Waals surface area contributed by atoms with Crippen molar-refractivity contribution in [3.8, 4) is 5.88 Å². The number of nitrogens with zero attached hydrogens (tertiary/aromatic N) is 2. The lowest BCUT2D eigenvalue weighted by molar-refractivity contribution is 0.306. The average Bonchev–Trinajstić information content (AvgIpc) is 3.12. The number of ether oxygens (including phenoxy) is 1. The maximum absolute atomic E-state index is 5.65. The standard InChI is InChI=1S/C13H19N3O/c1-3-4-7-17-13-11(8-14-10(2)16-13)9-15-12-5-6-12/h3,8,12,15H,1,4-7,9H2,2H3. The Morgan fingerprint density at radius 3 is 3.12 bits per heavy atom. The van der Waals surface area contributed by atoms with E-state index in [2.05, 4.69) is 21.9 Å². The molecular weight excluding hydrogens is 214 g/mol. The first kappa shape index (κ1) is 12.0. The molecule has 4 heteroatoms. The molecule has 1 fully saturated rings. The van der Waals surface area contributed by atoms with Crippen molar-refractivity contribution in [2.45, 2.75) is 38.8 Å². The molecule has 0 aromatic carbocycles. The van der Waals surface area contributed by atoms with Gasteiger partial charge in [-0.25, -0.2) is 4.98 Å². The summed E-state index contributed by atoms with van der Waals surface area (Å²) in [6, 6.07) is 0.678. The van der Waals surface area contributed by atoms with Crippen molar-refractivity contribution in [1.82, 2.24) is 15.3 Å². The molecule has 0 aliphatic heterocycles. The second kappa shape index (κ2) is 5.77. The van der Waals surface area contributed by atoms with Gasteiger partial charge in [0.25, 0.3) is 0 Å². The number of aryl methyl sites for hydroxylation is 1. The van der Waals surface area contributed by atoms with Gasteiger partial charge in [-0.2, -0.15) is 4.98 Å². The topological polar surface area (TPSA) is 47.0 Å². The summed E-state index contributed by atoms with van der Waals surface area (Å²) < 4.78 is 5.65. The van der Waals surface area contributed by atoms with E-state index in [9.17, 15) is 0 Å². The van der Waals surface area contributed by atoms with Crippen LogP contribution in [0.1, 0.15) is 30.7 Å². The van der Waals surface area contributed by atoms with Gasteiger partial charge >= 0.3 is 0 Å². The third kappa shape index (κ3) is 3.82. The highest BCUT2D eigenvalue weighted by Gasteiger charge is 2.21. The monoisotopic (exact) mass is 233 g/mol. The molecular formula is C13H19N3O. The molecule has 0 saturated heterocycles. The average molecular weight is 233 g/mol. The Morgan fingerprint density at radius 2 is 2.41 bits per heavy atom. The van der Waals surface area contributed by atoms with Gasteiger partial charge in [-0.1, -0.05) is 6.08 Å². The molecule has 92 valence electrons. The highest BCUT2D eigenvalue weighted by Crippen LogP contribution is 2.21. The molecule has 1 aliphatic rings. The van der Waals surface area contributed by atoms with Crippen LogP contribution in [0.5, 0.6) is 5.88 Å². The molecule has 0 amide bonds. The van der Waals surface area contributed by atoms with Crippen molar-refractivity contribution in [2.75, 3.05) is 6.61 Å². The van der Waals surface area contributed by atoms with E-state index < -0.39 is 0 Å². The Balaban J connectivity index is 1.97. The van der Waals surface area contributed by atoms with Gasteiger partial charge in [0.15, 0.2) is 0 Å². The van der Waals surface area contributed by atoms with Gasteiger partial charge in [-0.3, -0.25) is 0 Å². The quantitative estimate of drug-likeness (QED) is 0.578. The third-order valence-corrected chi connectivity index (χ3v) is 2.66. The Hall–Kier alpha value is -1.42. The van der Waals surface area contributed by atoms with Crippen LogP contribution in [0.25, 0.3) is 0 Å². The van der Waals surface area contributed by atoms with Gasteiger partial charge in [-0.15, -0.1) is 6.58 Å². The predicted molar refractivity (Wildman–Crippen MR) is 66.9 cm³/mol. The molecule has 0 bridgehead atoms. The molecule has 1 aliphatic carbocycles. The van der Waals surface area contributed by atoms with Crippen LogP contribution in [-0.2, 0) is 6.54 Å². The first-order valence-corrected chi connectivity index (χ1v) is 6.09. The number of rotatable bonds is 7. The maximum atomic E-state index is 5.65. The van der Waals surface area contributed by atoms with Crippen molar-refractivity contribution >= 4 is 0 Å². The molecule has 1 aromatic rings. The fourth-order valence-corrected chi connectivity index (χ4v) is 1.50. The summed E-state index contributed by atoms with van der Waals surface area (Å²) in [5.74, 6) is 1.45. The highest BCUT2D eigenvalue weighted by atomic mass is 16.5.